The van der Waals surface area contributed by atoms with Crippen molar-refractivity contribution in [3.63, 3.8) is 0 Å². The van der Waals surface area contributed by atoms with Crippen molar-refractivity contribution in [2.75, 3.05) is 11.5 Å². The van der Waals surface area contributed by atoms with Crippen LogP contribution < -0.4 is 0 Å². The monoisotopic (exact) mass is 176 g/mol. The molecule has 0 spiro atoms. The van der Waals surface area contributed by atoms with Crippen molar-refractivity contribution >= 4 is 11.8 Å². The molecular weight excluding hydrogens is 156 g/mol. The van der Waals surface area contributed by atoms with Crippen molar-refractivity contribution in [3.05, 3.63) is 0 Å². The first kappa shape index (κ1) is 11.3. The van der Waals surface area contributed by atoms with E-state index in [9.17, 15) is 5.11 Å². The molecule has 0 fully saturated rings. The van der Waals surface area contributed by atoms with Crippen molar-refractivity contribution in [1.82, 2.24) is 0 Å². The maximum atomic E-state index is 9.36. The fourth-order valence-electron chi connectivity index (χ4n) is 0.670. The van der Waals surface area contributed by atoms with Crippen LogP contribution in [-0.2, 0) is 0 Å². The molecule has 11 heavy (non-hydrogen) atoms. The lowest BCUT2D eigenvalue weighted by Gasteiger charge is -2.15. The van der Waals surface area contributed by atoms with Gasteiger partial charge in [0.2, 0.25) is 0 Å². The van der Waals surface area contributed by atoms with Crippen LogP contribution in [0.5, 0.6) is 0 Å². The molecule has 0 saturated heterocycles. The minimum atomic E-state index is -0.473. The minimum Gasteiger partial charge on any atom is -0.390 e. The second-order valence-corrected chi connectivity index (χ2v) is 4.75. The summed E-state index contributed by atoms with van der Waals surface area (Å²) >= 11 is 1.94. The summed E-state index contributed by atoms with van der Waals surface area (Å²) in [5.74, 6) is 2.33. The first-order valence-electron chi connectivity index (χ1n) is 4.36. The molecule has 2 heteroatoms. The van der Waals surface area contributed by atoms with Gasteiger partial charge < -0.3 is 5.11 Å². The summed E-state index contributed by atoms with van der Waals surface area (Å²) in [4.78, 5) is 0. The summed E-state index contributed by atoms with van der Waals surface area (Å²) in [5, 5.41) is 9.36. The van der Waals surface area contributed by atoms with Gasteiger partial charge in [-0.25, -0.2) is 0 Å². The van der Waals surface area contributed by atoms with E-state index < -0.39 is 5.60 Å². The van der Waals surface area contributed by atoms with E-state index in [-0.39, 0.29) is 0 Å². The molecule has 68 valence electrons. The lowest BCUT2D eigenvalue weighted by atomic mass is 10.1. The molecule has 1 N–H and O–H groups in total. The molecule has 0 aliphatic heterocycles. The molecule has 0 rings (SSSR count). The van der Waals surface area contributed by atoms with Crippen molar-refractivity contribution < 1.29 is 5.11 Å². The average molecular weight is 176 g/mol. The Labute approximate surface area is 74.6 Å². The summed E-state index contributed by atoms with van der Waals surface area (Å²) in [7, 11) is 0. The van der Waals surface area contributed by atoms with Crippen LogP contribution >= 0.6 is 11.8 Å². The van der Waals surface area contributed by atoms with Gasteiger partial charge in [-0.3, -0.25) is 0 Å². The number of unbranched alkanes of at least 4 members (excludes halogenated alkanes) is 1. The van der Waals surface area contributed by atoms with Crippen molar-refractivity contribution in [2.24, 2.45) is 0 Å². The molecule has 0 aromatic rings. The van der Waals surface area contributed by atoms with E-state index in [1.165, 1.54) is 18.6 Å². The van der Waals surface area contributed by atoms with Crippen molar-refractivity contribution in [1.29, 1.82) is 0 Å². The third-order valence-corrected chi connectivity index (χ3v) is 2.57. The van der Waals surface area contributed by atoms with Gasteiger partial charge in [-0.1, -0.05) is 13.3 Å². The van der Waals surface area contributed by atoms with E-state index >= 15 is 0 Å². The van der Waals surface area contributed by atoms with Crippen LogP contribution in [0.2, 0.25) is 0 Å². The molecular formula is C9H20OS. The van der Waals surface area contributed by atoms with Crippen LogP contribution in [0.4, 0.5) is 0 Å². The van der Waals surface area contributed by atoms with Gasteiger partial charge in [-0.2, -0.15) is 11.8 Å². The van der Waals surface area contributed by atoms with Gasteiger partial charge >= 0.3 is 0 Å². The Morgan fingerprint density at radius 2 is 1.91 bits per heavy atom. The Hall–Kier alpha value is 0.310. The molecule has 0 unspecified atom stereocenters. The molecule has 0 bridgehead atoms. The number of hydrogen-bond donors (Lipinski definition) is 1. The van der Waals surface area contributed by atoms with E-state index in [0.717, 1.165) is 12.2 Å². The minimum absolute atomic E-state index is 0.473. The molecule has 0 atom stereocenters. The molecule has 0 aromatic carbocycles. The van der Waals surface area contributed by atoms with Crippen molar-refractivity contribution in [3.8, 4) is 0 Å². The topological polar surface area (TPSA) is 20.2 Å². The maximum absolute atomic E-state index is 9.36. The van der Waals surface area contributed by atoms with Crippen LogP contribution in [-0.4, -0.2) is 22.2 Å². The molecule has 1 nitrogen and oxygen atoms in total. The zero-order chi connectivity index (χ0) is 8.74. The maximum Gasteiger partial charge on any atom is 0.0599 e. The smallest absolute Gasteiger partial charge is 0.0599 e. The molecule has 0 saturated carbocycles. The molecule has 0 aromatic heterocycles. The molecule has 0 radical (unpaired) electrons. The summed E-state index contributed by atoms with van der Waals surface area (Å²) in [6.07, 6.45) is 3.48. The second-order valence-electron chi connectivity index (χ2n) is 3.53. The molecule has 0 aliphatic carbocycles. The van der Waals surface area contributed by atoms with Gasteiger partial charge in [-0.15, -0.1) is 0 Å². The summed E-state index contributed by atoms with van der Waals surface area (Å²) in [5.41, 5.74) is -0.473. The summed E-state index contributed by atoms with van der Waals surface area (Å²) < 4.78 is 0. The Morgan fingerprint density at radius 1 is 1.27 bits per heavy atom. The lowest BCUT2D eigenvalue weighted by molar-refractivity contribution is 0.0778. The van der Waals surface area contributed by atoms with Gasteiger partial charge in [0.25, 0.3) is 0 Å². The Kier molecular flexibility index (Phi) is 6.06. The van der Waals surface area contributed by atoms with Gasteiger partial charge in [0.05, 0.1) is 5.60 Å². The summed E-state index contributed by atoms with van der Waals surface area (Å²) in [6, 6.07) is 0. The highest BCUT2D eigenvalue weighted by Gasteiger charge is 2.10. The van der Waals surface area contributed by atoms with Gasteiger partial charge in [0.1, 0.15) is 0 Å². The Balaban J connectivity index is 3.02. The van der Waals surface area contributed by atoms with E-state index in [0.29, 0.717) is 0 Å². The third-order valence-electron chi connectivity index (χ3n) is 1.50. The average Bonchev–Trinajstić information content (AvgIpc) is 1.85. The first-order chi connectivity index (χ1) is 5.06. The largest absolute Gasteiger partial charge is 0.390 e. The zero-order valence-corrected chi connectivity index (χ0v) is 8.71. The van der Waals surface area contributed by atoms with Crippen molar-refractivity contribution in [2.45, 2.75) is 45.6 Å². The third kappa shape index (κ3) is 10.3. The lowest BCUT2D eigenvalue weighted by Crippen LogP contribution is -2.19. The quantitative estimate of drug-likeness (QED) is 0.628. The molecule has 0 aliphatic rings. The van der Waals surface area contributed by atoms with E-state index in [4.69, 9.17) is 0 Å². The highest BCUT2D eigenvalue weighted by atomic mass is 32.2. The van der Waals surface area contributed by atoms with E-state index in [1.807, 2.05) is 25.6 Å². The fraction of sp³-hybridized carbons (Fsp3) is 1.00. The van der Waals surface area contributed by atoms with Crippen LogP contribution in [0.3, 0.4) is 0 Å². The number of hydrogen-bond acceptors (Lipinski definition) is 2. The molecule has 0 heterocycles. The van der Waals surface area contributed by atoms with Crippen LogP contribution in [0.1, 0.15) is 40.0 Å². The SMILES string of the molecule is CCCCSCCC(C)(C)O. The zero-order valence-electron chi connectivity index (χ0n) is 7.89. The summed E-state index contributed by atoms with van der Waals surface area (Å²) in [6.45, 7) is 5.94. The van der Waals surface area contributed by atoms with Crippen LogP contribution in [0.15, 0.2) is 0 Å². The Bertz CT molecular complexity index is 86.1. The van der Waals surface area contributed by atoms with E-state index in [2.05, 4.69) is 6.92 Å². The Morgan fingerprint density at radius 3 is 2.36 bits per heavy atom. The molecule has 0 amide bonds. The van der Waals surface area contributed by atoms with Gasteiger partial charge in [0, 0.05) is 0 Å². The van der Waals surface area contributed by atoms with Gasteiger partial charge in [-0.05, 0) is 38.2 Å². The van der Waals surface area contributed by atoms with Gasteiger partial charge in [0.15, 0.2) is 0 Å². The number of rotatable bonds is 6. The fourth-order valence-corrected chi connectivity index (χ4v) is 2.01. The number of thioether (sulfide) groups is 1. The number of aliphatic hydroxyl groups is 1. The predicted octanol–water partition coefficient (Wildman–Crippen LogP) is 2.68. The standard InChI is InChI=1S/C9H20OS/c1-4-5-7-11-8-6-9(2,3)10/h10H,4-8H2,1-3H3. The second kappa shape index (κ2) is 5.90. The van der Waals surface area contributed by atoms with Crippen LogP contribution in [0.25, 0.3) is 0 Å². The first-order valence-corrected chi connectivity index (χ1v) is 5.52. The van der Waals surface area contributed by atoms with Crippen LogP contribution in [0, 0.1) is 0 Å². The highest BCUT2D eigenvalue weighted by molar-refractivity contribution is 7.99. The predicted molar refractivity (Wildman–Crippen MR) is 53.1 cm³/mol. The normalized spacial score (nSPS) is 12.0. The van der Waals surface area contributed by atoms with E-state index in [1.54, 1.807) is 0 Å². The highest BCUT2D eigenvalue weighted by Crippen LogP contribution is 2.13.